The fourth-order valence-corrected chi connectivity index (χ4v) is 3.88. The third kappa shape index (κ3) is 4.91. The molecule has 4 rings (SSSR count). The molecule has 0 atom stereocenters. The van der Waals surface area contributed by atoms with Gasteiger partial charge in [0.05, 0.1) is 17.3 Å². The van der Waals surface area contributed by atoms with E-state index in [0.29, 0.717) is 19.6 Å². The number of nitrogens with one attached hydrogen (secondary N) is 1. The van der Waals surface area contributed by atoms with Crippen LogP contribution in [0.25, 0.3) is 17.8 Å². The summed E-state index contributed by atoms with van der Waals surface area (Å²) in [6.45, 7) is 10.0. The molecule has 166 valence electrons. The molecule has 1 aliphatic carbocycles. The molecule has 0 radical (unpaired) electrons. The minimum absolute atomic E-state index is 0.147. The largest absolute Gasteiger partial charge is 0.494 e. The van der Waals surface area contributed by atoms with Crippen molar-refractivity contribution in [2.45, 2.75) is 46.1 Å². The van der Waals surface area contributed by atoms with Gasteiger partial charge >= 0.3 is 0 Å². The lowest BCUT2D eigenvalue weighted by atomic mass is 9.87. The van der Waals surface area contributed by atoms with Gasteiger partial charge < -0.3 is 10.1 Å². The van der Waals surface area contributed by atoms with E-state index in [1.54, 1.807) is 0 Å². The number of benzene rings is 2. The zero-order valence-corrected chi connectivity index (χ0v) is 19.9. The van der Waals surface area contributed by atoms with Crippen LogP contribution < -0.4 is 20.8 Å². The molecule has 0 fully saturated rings. The monoisotopic (exact) mass is 447 g/mol. The van der Waals surface area contributed by atoms with E-state index in [9.17, 15) is 0 Å². The Bertz CT molecular complexity index is 1230. The molecule has 32 heavy (non-hydrogen) atoms. The van der Waals surface area contributed by atoms with E-state index >= 15 is 0 Å². The maximum atomic E-state index is 6.28. The fraction of sp³-hybridized carbons (Fsp3) is 0.296. The van der Waals surface area contributed by atoms with Gasteiger partial charge in [-0.15, -0.1) is 0 Å². The number of ether oxygens (including phenoxy) is 1. The summed E-state index contributed by atoms with van der Waals surface area (Å²) in [5.41, 5.74) is 3.71. The number of imidazole rings is 1. The van der Waals surface area contributed by atoms with E-state index in [-0.39, 0.29) is 5.41 Å². The van der Waals surface area contributed by atoms with Crippen molar-refractivity contribution in [1.29, 1.82) is 0 Å². The van der Waals surface area contributed by atoms with Crippen molar-refractivity contribution in [3.05, 3.63) is 81.5 Å². The Morgan fingerprint density at radius 1 is 1.03 bits per heavy atom. The molecule has 4 nitrogen and oxygen atoms in total. The Morgan fingerprint density at radius 3 is 2.41 bits per heavy atom. The average molecular weight is 448 g/mol. The van der Waals surface area contributed by atoms with Crippen LogP contribution >= 0.6 is 11.6 Å². The third-order valence-corrected chi connectivity index (χ3v) is 5.81. The molecule has 1 aromatic heterocycles. The lowest BCUT2D eigenvalue weighted by Crippen LogP contribution is -2.29. The molecule has 5 heteroatoms. The molecule has 0 spiro atoms. The van der Waals surface area contributed by atoms with E-state index < -0.39 is 0 Å². The number of fused-ring (bicyclic) bond motifs is 1. The highest BCUT2D eigenvalue weighted by Gasteiger charge is 2.14. The second kappa shape index (κ2) is 9.25. The van der Waals surface area contributed by atoms with E-state index in [1.165, 1.54) is 11.1 Å². The van der Waals surface area contributed by atoms with Crippen molar-refractivity contribution in [1.82, 2.24) is 9.55 Å². The summed E-state index contributed by atoms with van der Waals surface area (Å²) in [5, 5.41) is 6.28. The number of hydrogen-bond acceptors (Lipinski definition) is 3. The first kappa shape index (κ1) is 22.2. The summed E-state index contributed by atoms with van der Waals surface area (Å²) in [5.74, 6) is 1.66. The molecule has 0 saturated heterocycles. The zero-order valence-electron chi connectivity index (χ0n) is 19.2. The number of anilines is 1. The Kier molecular flexibility index (Phi) is 6.43. The van der Waals surface area contributed by atoms with Crippen LogP contribution in [0.5, 0.6) is 5.75 Å². The lowest BCUT2D eigenvalue weighted by Gasteiger charge is -2.19. The summed E-state index contributed by atoms with van der Waals surface area (Å²) < 4.78 is 7.76. The second-order valence-corrected chi connectivity index (χ2v) is 9.44. The van der Waals surface area contributed by atoms with E-state index in [4.69, 9.17) is 21.3 Å². The van der Waals surface area contributed by atoms with Gasteiger partial charge in [0.1, 0.15) is 5.75 Å². The van der Waals surface area contributed by atoms with Crippen molar-refractivity contribution >= 4 is 29.7 Å². The zero-order chi connectivity index (χ0) is 22.7. The molecule has 0 aliphatic heterocycles. The molecule has 0 bridgehead atoms. The van der Waals surface area contributed by atoms with Gasteiger partial charge in [-0.05, 0) is 59.9 Å². The van der Waals surface area contributed by atoms with Crippen molar-refractivity contribution < 1.29 is 4.74 Å². The number of hydrogen-bond donors (Lipinski definition) is 1. The highest BCUT2D eigenvalue weighted by Crippen LogP contribution is 2.23. The SMILES string of the molecule is CCOc1ccc(-n2c(NCc3ccc(C(C)(C)C)cc3)nc3c2=CCC(Cl)=CC=3)cc1. The first-order chi connectivity index (χ1) is 15.3. The summed E-state index contributed by atoms with van der Waals surface area (Å²) >= 11 is 6.28. The maximum Gasteiger partial charge on any atom is 0.208 e. The number of aromatic nitrogens is 2. The Morgan fingerprint density at radius 2 is 1.75 bits per heavy atom. The standard InChI is InChI=1S/C27H30ClN3O/c1-5-32-23-14-12-22(13-15-23)31-25-17-11-21(28)10-16-24(25)30-26(31)29-18-19-6-8-20(9-7-19)27(2,3)4/h6-10,12-17H,5,11,18H2,1-4H3,(H,29,30). The minimum Gasteiger partial charge on any atom is -0.494 e. The normalized spacial score (nSPS) is 13.3. The van der Waals surface area contributed by atoms with Crippen molar-refractivity contribution in [2.24, 2.45) is 0 Å². The highest BCUT2D eigenvalue weighted by atomic mass is 35.5. The molecular formula is C27H30ClN3O. The van der Waals surface area contributed by atoms with Crippen LogP contribution in [0.15, 0.2) is 59.6 Å². The Hall–Kier alpha value is -2.98. The van der Waals surface area contributed by atoms with Crippen LogP contribution in [0.2, 0.25) is 0 Å². The molecule has 1 heterocycles. The smallest absolute Gasteiger partial charge is 0.208 e. The van der Waals surface area contributed by atoms with E-state index in [0.717, 1.165) is 33.1 Å². The van der Waals surface area contributed by atoms with Crippen LogP contribution in [0.4, 0.5) is 5.95 Å². The number of rotatable bonds is 6. The van der Waals surface area contributed by atoms with Crippen molar-refractivity contribution in [2.75, 3.05) is 11.9 Å². The molecule has 0 saturated carbocycles. The summed E-state index contributed by atoms with van der Waals surface area (Å²) in [6.07, 6.45) is 6.72. The predicted molar refractivity (Wildman–Crippen MR) is 134 cm³/mol. The number of halogens is 1. The third-order valence-electron chi connectivity index (χ3n) is 5.53. The second-order valence-electron chi connectivity index (χ2n) is 8.96. The van der Waals surface area contributed by atoms with E-state index in [2.05, 4.69) is 73.1 Å². The molecule has 3 aromatic rings. The summed E-state index contributed by atoms with van der Waals surface area (Å²) in [6, 6.07) is 16.9. The van der Waals surface area contributed by atoms with Gasteiger partial charge in [-0.3, -0.25) is 4.57 Å². The molecule has 1 N–H and O–H groups in total. The summed E-state index contributed by atoms with van der Waals surface area (Å²) in [4.78, 5) is 4.88. The van der Waals surface area contributed by atoms with Crippen LogP contribution in [-0.2, 0) is 12.0 Å². The molecule has 2 aromatic carbocycles. The number of nitrogens with zero attached hydrogens (tertiary/aromatic N) is 2. The van der Waals surface area contributed by atoms with Crippen LogP contribution in [0, 0.1) is 0 Å². The van der Waals surface area contributed by atoms with Gasteiger partial charge in [-0.2, -0.15) is 0 Å². The molecule has 0 amide bonds. The van der Waals surface area contributed by atoms with Gasteiger partial charge in [0.15, 0.2) is 0 Å². The maximum absolute atomic E-state index is 6.28. The van der Waals surface area contributed by atoms with Crippen LogP contribution in [0.3, 0.4) is 0 Å². The first-order valence-corrected chi connectivity index (χ1v) is 11.4. The predicted octanol–water partition coefficient (Wildman–Crippen LogP) is 5.27. The highest BCUT2D eigenvalue weighted by molar-refractivity contribution is 6.30. The van der Waals surface area contributed by atoms with Gasteiger partial charge in [-0.1, -0.05) is 62.7 Å². The van der Waals surface area contributed by atoms with E-state index in [1.807, 2.05) is 31.2 Å². The quantitative estimate of drug-likeness (QED) is 0.559. The number of allylic oxidation sites excluding steroid dienone is 2. The molecule has 0 unspecified atom stereocenters. The lowest BCUT2D eigenvalue weighted by molar-refractivity contribution is 0.340. The topological polar surface area (TPSA) is 39.1 Å². The minimum atomic E-state index is 0.147. The molecule has 1 aliphatic rings. The average Bonchev–Trinajstić information content (AvgIpc) is 3.02. The van der Waals surface area contributed by atoms with Crippen LogP contribution in [0.1, 0.15) is 45.2 Å². The van der Waals surface area contributed by atoms with Crippen molar-refractivity contribution in [3.63, 3.8) is 0 Å². The first-order valence-electron chi connectivity index (χ1n) is 11.1. The molecular weight excluding hydrogens is 418 g/mol. The Balaban J connectivity index is 1.68. The van der Waals surface area contributed by atoms with Crippen molar-refractivity contribution in [3.8, 4) is 11.4 Å². The Labute approximate surface area is 194 Å². The summed E-state index contributed by atoms with van der Waals surface area (Å²) in [7, 11) is 0. The fourth-order valence-electron chi connectivity index (χ4n) is 3.74. The van der Waals surface area contributed by atoms with Gasteiger partial charge in [0.25, 0.3) is 0 Å². The van der Waals surface area contributed by atoms with Gasteiger partial charge in [-0.25, -0.2) is 4.98 Å². The van der Waals surface area contributed by atoms with Gasteiger partial charge in [0, 0.05) is 23.7 Å². The van der Waals surface area contributed by atoms with Gasteiger partial charge in [0.2, 0.25) is 5.95 Å². The van der Waals surface area contributed by atoms with Crippen LogP contribution in [-0.4, -0.2) is 16.2 Å².